The number of aromatic nitrogens is 4. The third-order valence-electron chi connectivity index (χ3n) is 7.04. The number of aliphatic imine (C=N–C) groups is 1. The number of carboxylic acids is 2. The maximum Gasteiger partial charge on any atom is 0.326 e. The third-order valence-corrected chi connectivity index (χ3v) is 7.04. The number of aromatic amines is 1. The second-order valence-electron chi connectivity index (χ2n) is 10.6. The van der Waals surface area contributed by atoms with Crippen LogP contribution < -0.4 is 38.7 Å². The molecule has 0 radical (unpaired) electrons. The van der Waals surface area contributed by atoms with Crippen molar-refractivity contribution in [1.29, 1.82) is 0 Å². The highest BCUT2D eigenvalue weighted by atomic mass is 16.4. The number of hydrogen-bond acceptors (Lipinski definition) is 13. The molecule has 12 N–H and O–H groups in total. The number of fused-ring (bicyclic) bond motifs is 1. The van der Waals surface area contributed by atoms with Crippen LogP contribution >= 0.6 is 0 Å². The van der Waals surface area contributed by atoms with E-state index in [1.54, 1.807) is 12.1 Å². The summed E-state index contributed by atoms with van der Waals surface area (Å²) >= 11 is 0. The van der Waals surface area contributed by atoms with Crippen molar-refractivity contribution in [2.75, 3.05) is 40.9 Å². The number of carbonyl (C=O) groups excluding carboxylic acids is 1. The van der Waals surface area contributed by atoms with Crippen LogP contribution in [0.25, 0.3) is 0 Å². The minimum atomic E-state index is -1.31. The number of hydrogen-bond donors (Lipinski definition) is 9. The largest absolute Gasteiger partial charge is 0.481 e. The van der Waals surface area contributed by atoms with Crippen molar-refractivity contribution in [2.24, 2.45) is 4.99 Å². The molecule has 0 bridgehead atoms. The first kappa shape index (κ1) is 35.7. The highest BCUT2D eigenvalue weighted by Gasteiger charge is 2.22. The molecule has 0 spiro atoms. The number of carboxylic acid groups (broad SMARTS) is 2. The van der Waals surface area contributed by atoms with E-state index in [0.717, 1.165) is 30.5 Å². The van der Waals surface area contributed by atoms with Gasteiger partial charge in [0.25, 0.3) is 11.5 Å². The van der Waals surface area contributed by atoms with Crippen molar-refractivity contribution in [3.05, 3.63) is 51.4 Å². The molecule has 0 saturated carbocycles. The summed E-state index contributed by atoms with van der Waals surface area (Å²) in [5.74, 6) is -1.94. The van der Waals surface area contributed by atoms with Gasteiger partial charge in [0.15, 0.2) is 11.5 Å². The molecular weight excluding hydrogens is 610 g/mol. The van der Waals surface area contributed by atoms with Gasteiger partial charge in [-0.3, -0.25) is 19.4 Å². The Labute approximate surface area is 270 Å². The number of nitrogens with one attached hydrogen (secondary N) is 4. The summed E-state index contributed by atoms with van der Waals surface area (Å²) in [6.07, 6.45) is 4.78. The molecule has 3 aromatic rings. The quantitative estimate of drug-likeness (QED) is 0.113. The average molecular weight is 652 g/mol. The van der Waals surface area contributed by atoms with Gasteiger partial charge < -0.3 is 43.4 Å². The smallest absolute Gasteiger partial charge is 0.326 e. The maximum atomic E-state index is 12.3. The van der Waals surface area contributed by atoms with Crippen LogP contribution in [0.4, 0.5) is 34.9 Å². The lowest BCUT2D eigenvalue weighted by molar-refractivity contribution is -0.140. The Morgan fingerprint density at radius 1 is 1.02 bits per heavy atom. The van der Waals surface area contributed by atoms with Crippen molar-refractivity contribution < 1.29 is 24.6 Å². The molecule has 1 atom stereocenters. The predicted molar refractivity (Wildman–Crippen MR) is 179 cm³/mol. The van der Waals surface area contributed by atoms with Crippen molar-refractivity contribution in [1.82, 2.24) is 25.3 Å². The second kappa shape index (κ2) is 17.1. The van der Waals surface area contributed by atoms with Gasteiger partial charge >= 0.3 is 11.9 Å². The lowest BCUT2D eigenvalue weighted by Crippen LogP contribution is -2.41. The number of rotatable bonds is 14. The third kappa shape index (κ3) is 10.7. The standard InChI is InChI=1S/C19H21N7O6.C11H20N4/c20-19-25-15-14(17(30)26-19)23-11(8-22-15)7-21-10-3-1-9(2-4-10)16(29)24-12(18(31)32)5-6-13(27)28;1-3-5-6-7-8-9(4-2)14-11(13)15-10(8)12/h1-4,12,21H,5-8H2,(H,24,29)(H,27,28)(H,31,32)(H4,20,22,25,26,30);3-7H2,1-2H3,(H4,12,13,14,15). The normalized spacial score (nSPS) is 12.3. The van der Waals surface area contributed by atoms with Crippen molar-refractivity contribution in [3.8, 4) is 0 Å². The first-order chi connectivity index (χ1) is 22.4. The number of nitrogen functional groups attached to an aromatic ring is 3. The molecule has 3 heterocycles. The Kier molecular flexibility index (Phi) is 13.0. The van der Waals surface area contributed by atoms with Crippen LogP contribution in [-0.2, 0) is 22.4 Å². The number of carbonyl (C=O) groups is 3. The van der Waals surface area contributed by atoms with Gasteiger partial charge in [0, 0.05) is 23.2 Å². The molecule has 0 aliphatic carbocycles. The van der Waals surface area contributed by atoms with Crippen LogP contribution in [-0.4, -0.2) is 72.8 Å². The first-order valence-electron chi connectivity index (χ1n) is 15.1. The van der Waals surface area contributed by atoms with Gasteiger partial charge in [0.2, 0.25) is 11.9 Å². The molecule has 4 rings (SSSR count). The molecule has 0 saturated heterocycles. The molecule has 1 aromatic carbocycles. The molecule has 1 aliphatic rings. The van der Waals surface area contributed by atoms with E-state index in [0.29, 0.717) is 36.1 Å². The fourth-order valence-electron chi connectivity index (χ4n) is 4.59. The van der Waals surface area contributed by atoms with Gasteiger partial charge in [-0.2, -0.15) is 9.97 Å². The van der Waals surface area contributed by atoms with E-state index in [2.05, 4.69) is 54.7 Å². The van der Waals surface area contributed by atoms with E-state index < -0.39 is 29.4 Å². The van der Waals surface area contributed by atoms with E-state index in [4.69, 9.17) is 27.4 Å². The lowest BCUT2D eigenvalue weighted by Gasteiger charge is -2.17. The zero-order chi connectivity index (χ0) is 34.5. The van der Waals surface area contributed by atoms with Crippen LogP contribution in [0.5, 0.6) is 0 Å². The van der Waals surface area contributed by atoms with E-state index in [1.165, 1.54) is 25.0 Å². The molecule has 17 nitrogen and oxygen atoms in total. The number of H-pyrrole nitrogens is 1. The summed E-state index contributed by atoms with van der Waals surface area (Å²) in [5.41, 5.74) is 20.2. The molecule has 1 unspecified atom stereocenters. The number of aryl methyl sites for hydroxylation is 1. The molecule has 252 valence electrons. The maximum absolute atomic E-state index is 12.3. The summed E-state index contributed by atoms with van der Waals surface area (Å²) < 4.78 is 0. The number of benzene rings is 1. The monoisotopic (exact) mass is 651 g/mol. The summed E-state index contributed by atoms with van der Waals surface area (Å²) in [5, 5.41) is 26.2. The minimum Gasteiger partial charge on any atom is -0.481 e. The van der Waals surface area contributed by atoms with Gasteiger partial charge in [0.05, 0.1) is 24.5 Å². The number of nitrogens with two attached hydrogens (primary N) is 3. The number of amides is 1. The van der Waals surface area contributed by atoms with E-state index in [1.807, 2.05) is 0 Å². The predicted octanol–water partition coefficient (Wildman–Crippen LogP) is 1.95. The fourth-order valence-corrected chi connectivity index (χ4v) is 4.59. The van der Waals surface area contributed by atoms with E-state index in [-0.39, 0.29) is 36.0 Å². The Morgan fingerprint density at radius 2 is 1.74 bits per heavy atom. The van der Waals surface area contributed by atoms with Gasteiger partial charge in [-0.05, 0) is 49.9 Å². The van der Waals surface area contributed by atoms with Crippen LogP contribution in [0.1, 0.15) is 67.6 Å². The first-order valence-corrected chi connectivity index (χ1v) is 15.1. The summed E-state index contributed by atoms with van der Waals surface area (Å²) in [6.45, 7) is 4.93. The number of nitrogens with zero attached hydrogens (tertiary/aromatic N) is 4. The topological polar surface area (TPSA) is 290 Å². The molecular formula is C30H41N11O6. The van der Waals surface area contributed by atoms with Crippen LogP contribution in [0.2, 0.25) is 0 Å². The van der Waals surface area contributed by atoms with Crippen LogP contribution in [0, 0.1) is 0 Å². The second-order valence-corrected chi connectivity index (χ2v) is 10.6. The summed E-state index contributed by atoms with van der Waals surface area (Å²) in [7, 11) is 0. The van der Waals surface area contributed by atoms with E-state index >= 15 is 0 Å². The molecule has 47 heavy (non-hydrogen) atoms. The molecule has 2 aromatic heterocycles. The fraction of sp³-hybridized carbons (Fsp3) is 0.400. The zero-order valence-corrected chi connectivity index (χ0v) is 26.3. The van der Waals surface area contributed by atoms with Gasteiger partial charge in [-0.1, -0.05) is 26.7 Å². The number of aliphatic carboxylic acids is 2. The minimum absolute atomic E-state index is 0.00119. The Bertz CT molecular complexity index is 1660. The van der Waals surface area contributed by atoms with Gasteiger partial charge in [-0.25, -0.2) is 14.8 Å². The molecule has 1 amide bonds. The van der Waals surface area contributed by atoms with Crippen LogP contribution in [0.3, 0.4) is 0 Å². The number of anilines is 5. The highest BCUT2D eigenvalue weighted by Crippen LogP contribution is 2.22. The highest BCUT2D eigenvalue weighted by molar-refractivity contribution is 5.98. The SMILES string of the molecule is CCCCCc1c(N)nc(N)nc1CC.Nc1nc2c(c(=O)[nH]1)N=C(CNc1ccc(C(=O)NC(CCC(=O)O)C(=O)O)cc1)CN2. The van der Waals surface area contributed by atoms with Crippen molar-refractivity contribution in [3.63, 3.8) is 0 Å². The summed E-state index contributed by atoms with van der Waals surface area (Å²) in [6, 6.07) is 4.95. The van der Waals surface area contributed by atoms with E-state index in [9.17, 15) is 19.2 Å². The number of unbranched alkanes of at least 4 members (excludes halogenated alkanes) is 2. The molecule has 0 fully saturated rings. The van der Waals surface area contributed by atoms with Crippen molar-refractivity contribution in [2.45, 2.75) is 64.8 Å². The van der Waals surface area contributed by atoms with Crippen molar-refractivity contribution >= 4 is 58.5 Å². The Balaban J connectivity index is 0.000000335. The zero-order valence-electron chi connectivity index (χ0n) is 26.3. The van der Waals surface area contributed by atoms with Crippen LogP contribution in [0.15, 0.2) is 34.1 Å². The molecule has 1 aliphatic heterocycles. The van der Waals surface area contributed by atoms with Gasteiger partial charge in [-0.15, -0.1) is 0 Å². The Hall–Kier alpha value is -5.74. The Morgan fingerprint density at radius 3 is 2.38 bits per heavy atom. The average Bonchev–Trinajstić information content (AvgIpc) is 3.03. The molecule has 17 heteroatoms. The van der Waals surface area contributed by atoms with Gasteiger partial charge in [0.1, 0.15) is 11.9 Å². The summed E-state index contributed by atoms with van der Waals surface area (Å²) in [4.78, 5) is 65.0. The lowest BCUT2D eigenvalue weighted by atomic mass is 10.0.